The van der Waals surface area contributed by atoms with Gasteiger partial charge in [-0.15, -0.1) is 0 Å². The molecule has 2 aliphatic rings. The Bertz CT molecular complexity index is 176. The van der Waals surface area contributed by atoms with Crippen molar-refractivity contribution >= 4 is 5.97 Å². The molecule has 0 spiro atoms. The summed E-state index contributed by atoms with van der Waals surface area (Å²) in [6.45, 7) is 2.42. The van der Waals surface area contributed by atoms with Crippen LogP contribution in [0.5, 0.6) is 0 Å². The molecule has 0 aromatic heterocycles. The molecule has 2 saturated carbocycles. The van der Waals surface area contributed by atoms with E-state index in [1.165, 1.54) is 25.7 Å². The second kappa shape index (κ2) is 3.08. The number of carbonyl (C=O) groups excluding carboxylic acids is 1. The van der Waals surface area contributed by atoms with Crippen LogP contribution in [0.4, 0.5) is 0 Å². The highest BCUT2D eigenvalue weighted by molar-refractivity contribution is 5.76. The number of carbonyl (C=O) groups is 1. The molecule has 0 amide bonds. The van der Waals surface area contributed by atoms with Gasteiger partial charge in [-0.1, -0.05) is 12.8 Å². The molecule has 2 nitrogen and oxygen atoms in total. The van der Waals surface area contributed by atoms with E-state index in [4.69, 9.17) is 4.74 Å². The lowest BCUT2D eigenvalue weighted by Crippen LogP contribution is -2.08. The van der Waals surface area contributed by atoms with E-state index in [-0.39, 0.29) is 11.9 Å². The SMILES string of the molecule is CCOC(=O)C1[C@H]2CCCC[C@@H]12. The number of ether oxygens (including phenoxy) is 1. The van der Waals surface area contributed by atoms with Crippen molar-refractivity contribution in [3.8, 4) is 0 Å². The van der Waals surface area contributed by atoms with E-state index < -0.39 is 0 Å². The molecule has 3 atom stereocenters. The van der Waals surface area contributed by atoms with E-state index in [0.717, 1.165) is 0 Å². The number of fused-ring (bicyclic) bond motifs is 1. The van der Waals surface area contributed by atoms with Crippen molar-refractivity contribution < 1.29 is 9.53 Å². The normalized spacial score (nSPS) is 38.6. The zero-order valence-electron chi connectivity index (χ0n) is 7.58. The summed E-state index contributed by atoms with van der Waals surface area (Å²) in [7, 11) is 0. The van der Waals surface area contributed by atoms with E-state index in [0.29, 0.717) is 18.4 Å². The molecule has 1 unspecified atom stereocenters. The first-order valence-corrected chi connectivity index (χ1v) is 5.01. The summed E-state index contributed by atoms with van der Waals surface area (Å²) in [4.78, 5) is 11.3. The van der Waals surface area contributed by atoms with Crippen molar-refractivity contribution in [2.24, 2.45) is 17.8 Å². The molecule has 0 N–H and O–H groups in total. The maximum Gasteiger partial charge on any atom is 0.309 e. The third kappa shape index (κ3) is 1.23. The van der Waals surface area contributed by atoms with E-state index in [9.17, 15) is 4.79 Å². The van der Waals surface area contributed by atoms with Gasteiger partial charge in [-0.25, -0.2) is 0 Å². The molecule has 0 bridgehead atoms. The Balaban J connectivity index is 1.87. The van der Waals surface area contributed by atoms with Gasteiger partial charge in [0, 0.05) is 0 Å². The average molecular weight is 168 g/mol. The predicted octanol–water partition coefficient (Wildman–Crippen LogP) is 1.99. The van der Waals surface area contributed by atoms with Crippen LogP contribution in [0, 0.1) is 17.8 Å². The molecule has 68 valence electrons. The Morgan fingerprint density at radius 1 is 1.33 bits per heavy atom. The molecule has 0 heterocycles. The Kier molecular flexibility index (Phi) is 2.07. The third-order valence-corrected chi connectivity index (χ3v) is 3.22. The lowest BCUT2D eigenvalue weighted by Gasteiger charge is -2.04. The monoisotopic (exact) mass is 168 g/mol. The van der Waals surface area contributed by atoms with Crippen molar-refractivity contribution in [2.45, 2.75) is 32.6 Å². The summed E-state index contributed by atoms with van der Waals surface area (Å²) >= 11 is 0. The molecule has 2 fully saturated rings. The lowest BCUT2D eigenvalue weighted by molar-refractivity contribution is -0.145. The van der Waals surface area contributed by atoms with Crippen LogP contribution >= 0.6 is 0 Å². The molecule has 12 heavy (non-hydrogen) atoms. The van der Waals surface area contributed by atoms with Gasteiger partial charge < -0.3 is 4.74 Å². The first kappa shape index (κ1) is 8.09. The van der Waals surface area contributed by atoms with Gasteiger partial charge >= 0.3 is 5.97 Å². The number of hydrogen-bond acceptors (Lipinski definition) is 2. The zero-order chi connectivity index (χ0) is 8.55. The fraction of sp³-hybridized carbons (Fsp3) is 0.900. The quantitative estimate of drug-likeness (QED) is 0.589. The first-order valence-electron chi connectivity index (χ1n) is 5.01. The second-order valence-electron chi connectivity index (χ2n) is 3.89. The predicted molar refractivity (Wildman–Crippen MR) is 45.6 cm³/mol. The summed E-state index contributed by atoms with van der Waals surface area (Å²) in [5.41, 5.74) is 0. The van der Waals surface area contributed by atoms with Crippen molar-refractivity contribution in [3.63, 3.8) is 0 Å². The van der Waals surface area contributed by atoms with Crippen molar-refractivity contribution in [1.82, 2.24) is 0 Å². The fourth-order valence-corrected chi connectivity index (χ4v) is 2.58. The van der Waals surface area contributed by atoms with Gasteiger partial charge in [-0.3, -0.25) is 4.79 Å². The Labute approximate surface area is 73.3 Å². The van der Waals surface area contributed by atoms with Gasteiger partial charge in [-0.2, -0.15) is 0 Å². The fourth-order valence-electron chi connectivity index (χ4n) is 2.58. The average Bonchev–Trinajstić information content (AvgIpc) is 2.78. The van der Waals surface area contributed by atoms with Crippen LogP contribution in [-0.4, -0.2) is 12.6 Å². The molecule has 2 heteroatoms. The van der Waals surface area contributed by atoms with Crippen LogP contribution in [0.25, 0.3) is 0 Å². The summed E-state index contributed by atoms with van der Waals surface area (Å²) in [5, 5.41) is 0. The largest absolute Gasteiger partial charge is 0.466 e. The van der Waals surface area contributed by atoms with Crippen molar-refractivity contribution in [2.75, 3.05) is 6.61 Å². The van der Waals surface area contributed by atoms with Gasteiger partial charge in [0.15, 0.2) is 0 Å². The topological polar surface area (TPSA) is 26.3 Å². The highest BCUT2D eigenvalue weighted by atomic mass is 16.5. The van der Waals surface area contributed by atoms with Gasteiger partial charge in [-0.05, 0) is 31.6 Å². The van der Waals surface area contributed by atoms with Crippen LogP contribution < -0.4 is 0 Å². The summed E-state index contributed by atoms with van der Waals surface area (Å²) < 4.78 is 5.02. The highest BCUT2D eigenvalue weighted by Crippen LogP contribution is 2.55. The van der Waals surface area contributed by atoms with Crippen LogP contribution in [0.2, 0.25) is 0 Å². The van der Waals surface area contributed by atoms with E-state index >= 15 is 0 Å². The summed E-state index contributed by atoms with van der Waals surface area (Å²) in [5.74, 6) is 1.73. The van der Waals surface area contributed by atoms with Crippen molar-refractivity contribution in [3.05, 3.63) is 0 Å². The third-order valence-electron chi connectivity index (χ3n) is 3.22. The number of hydrogen-bond donors (Lipinski definition) is 0. The molecule has 2 aliphatic carbocycles. The van der Waals surface area contributed by atoms with Gasteiger partial charge in [0.05, 0.1) is 12.5 Å². The lowest BCUT2D eigenvalue weighted by atomic mass is 10.0. The van der Waals surface area contributed by atoms with Crippen molar-refractivity contribution in [1.29, 1.82) is 0 Å². The van der Waals surface area contributed by atoms with Crippen LogP contribution in [0.15, 0.2) is 0 Å². The number of rotatable bonds is 2. The zero-order valence-corrected chi connectivity index (χ0v) is 7.58. The molecule has 0 aromatic rings. The highest BCUT2D eigenvalue weighted by Gasteiger charge is 2.55. The molecule has 0 aliphatic heterocycles. The van der Waals surface area contributed by atoms with Crippen LogP contribution in [-0.2, 0) is 9.53 Å². The molecule has 0 radical (unpaired) electrons. The molecule has 2 rings (SSSR count). The van der Waals surface area contributed by atoms with E-state index in [2.05, 4.69) is 0 Å². The Hall–Kier alpha value is -0.530. The minimum absolute atomic E-state index is 0.0643. The van der Waals surface area contributed by atoms with Gasteiger partial charge in [0.1, 0.15) is 0 Å². The standard InChI is InChI=1S/C10H16O2/c1-2-12-10(11)9-7-5-3-4-6-8(7)9/h7-9H,2-6H2,1H3/t7-,8+,9?. The van der Waals surface area contributed by atoms with Crippen LogP contribution in [0.3, 0.4) is 0 Å². The van der Waals surface area contributed by atoms with E-state index in [1.54, 1.807) is 0 Å². The molecule has 0 aromatic carbocycles. The van der Waals surface area contributed by atoms with Crippen LogP contribution in [0.1, 0.15) is 32.6 Å². The second-order valence-corrected chi connectivity index (χ2v) is 3.89. The maximum absolute atomic E-state index is 11.3. The maximum atomic E-state index is 11.3. The molecular formula is C10H16O2. The Morgan fingerprint density at radius 2 is 1.92 bits per heavy atom. The summed E-state index contributed by atoms with van der Waals surface area (Å²) in [6, 6.07) is 0. The van der Waals surface area contributed by atoms with Gasteiger partial charge in [0.25, 0.3) is 0 Å². The van der Waals surface area contributed by atoms with Gasteiger partial charge in [0.2, 0.25) is 0 Å². The first-order chi connectivity index (χ1) is 5.84. The smallest absolute Gasteiger partial charge is 0.309 e. The van der Waals surface area contributed by atoms with E-state index in [1.807, 2.05) is 6.92 Å². The minimum atomic E-state index is 0.0643. The minimum Gasteiger partial charge on any atom is -0.466 e. The molecular weight excluding hydrogens is 152 g/mol. The number of esters is 1. The Morgan fingerprint density at radius 3 is 2.42 bits per heavy atom. The molecule has 0 saturated heterocycles. The summed E-state index contributed by atoms with van der Waals surface area (Å²) in [6.07, 6.45) is 5.15.